The molecule has 0 bridgehead atoms. The number of anilines is 1. The van der Waals surface area contributed by atoms with E-state index >= 15 is 0 Å². The Balaban J connectivity index is 1.72. The fourth-order valence-electron chi connectivity index (χ4n) is 3.81. The Morgan fingerprint density at radius 3 is 2.16 bits per heavy atom. The van der Waals surface area contributed by atoms with Crippen molar-refractivity contribution in [3.8, 4) is 0 Å². The first kappa shape index (κ1) is 21.8. The molecule has 0 radical (unpaired) electrons. The van der Waals surface area contributed by atoms with Crippen LogP contribution in [0.3, 0.4) is 0 Å². The van der Waals surface area contributed by atoms with E-state index in [0.717, 1.165) is 10.5 Å². The fourth-order valence-corrected chi connectivity index (χ4v) is 4.27. The maximum Gasteiger partial charge on any atom is 0.262 e. The van der Waals surface area contributed by atoms with E-state index in [1.807, 2.05) is 42.7 Å². The van der Waals surface area contributed by atoms with Gasteiger partial charge in [0.25, 0.3) is 17.7 Å². The molecule has 0 fully saturated rings. The molecule has 1 aliphatic rings. The van der Waals surface area contributed by atoms with Crippen molar-refractivity contribution < 1.29 is 14.4 Å². The smallest absolute Gasteiger partial charge is 0.262 e. The molecule has 2 heterocycles. The maximum absolute atomic E-state index is 13.9. The monoisotopic (exact) mass is 445 g/mol. The maximum atomic E-state index is 13.9. The molecule has 1 aliphatic heterocycles. The van der Waals surface area contributed by atoms with Crippen LogP contribution in [-0.4, -0.2) is 45.7 Å². The number of fused-ring (bicyclic) bond motifs is 1. The SMILES string of the molecule is CSCC[C@@H](C(=O)N(Cc1ccccc1)c1ccccn1)N1C(=O)c2ccccc2C1=O. The van der Waals surface area contributed by atoms with E-state index in [-0.39, 0.29) is 12.5 Å². The number of hydrogen-bond acceptors (Lipinski definition) is 5. The van der Waals surface area contributed by atoms with Gasteiger partial charge >= 0.3 is 0 Å². The molecular weight excluding hydrogens is 422 g/mol. The second kappa shape index (κ2) is 9.78. The molecule has 2 aromatic carbocycles. The van der Waals surface area contributed by atoms with Gasteiger partial charge in [-0.3, -0.25) is 24.2 Å². The number of amides is 3. The van der Waals surface area contributed by atoms with Crippen molar-refractivity contribution in [1.82, 2.24) is 9.88 Å². The highest BCUT2D eigenvalue weighted by Crippen LogP contribution is 2.28. The van der Waals surface area contributed by atoms with Crippen LogP contribution in [0.25, 0.3) is 0 Å². The number of rotatable bonds is 8. The molecule has 1 atom stereocenters. The minimum absolute atomic E-state index is 0.287. The van der Waals surface area contributed by atoms with Crippen molar-refractivity contribution in [2.24, 2.45) is 0 Å². The summed E-state index contributed by atoms with van der Waals surface area (Å²) in [7, 11) is 0. The quantitative estimate of drug-likeness (QED) is 0.490. The molecule has 1 aromatic heterocycles. The molecule has 0 saturated heterocycles. The first-order chi connectivity index (χ1) is 15.6. The molecule has 162 valence electrons. The van der Waals surface area contributed by atoms with Crippen LogP contribution in [-0.2, 0) is 11.3 Å². The average Bonchev–Trinajstić information content (AvgIpc) is 3.09. The second-order valence-corrected chi connectivity index (χ2v) is 8.41. The summed E-state index contributed by atoms with van der Waals surface area (Å²) in [4.78, 5) is 47.3. The number of benzene rings is 2. The number of hydrogen-bond donors (Lipinski definition) is 0. The van der Waals surface area contributed by atoms with Gasteiger partial charge in [0.1, 0.15) is 11.9 Å². The van der Waals surface area contributed by atoms with Crippen molar-refractivity contribution in [3.05, 3.63) is 95.7 Å². The van der Waals surface area contributed by atoms with E-state index in [1.165, 1.54) is 0 Å². The molecule has 4 rings (SSSR count). The standard InChI is InChI=1S/C25H23N3O3S/c1-32-16-14-21(28-23(29)19-11-5-6-12-20(19)24(28)30)25(31)27(22-13-7-8-15-26-22)17-18-9-3-2-4-10-18/h2-13,15,21H,14,16-17H2,1H3/t21-/m0/s1. The predicted molar refractivity (Wildman–Crippen MR) is 126 cm³/mol. The van der Waals surface area contributed by atoms with Crippen molar-refractivity contribution in [1.29, 1.82) is 0 Å². The summed E-state index contributed by atoms with van der Waals surface area (Å²) in [6.07, 6.45) is 3.92. The van der Waals surface area contributed by atoms with Crippen LogP contribution in [0.5, 0.6) is 0 Å². The molecule has 3 aromatic rings. The molecule has 3 amide bonds. The largest absolute Gasteiger partial charge is 0.291 e. The van der Waals surface area contributed by atoms with Gasteiger partial charge < -0.3 is 0 Å². The summed E-state index contributed by atoms with van der Waals surface area (Å²) in [5.41, 5.74) is 1.61. The van der Waals surface area contributed by atoms with Gasteiger partial charge in [-0.1, -0.05) is 48.5 Å². The number of carbonyl (C=O) groups excluding carboxylic acids is 3. The lowest BCUT2D eigenvalue weighted by Crippen LogP contribution is -2.51. The summed E-state index contributed by atoms with van der Waals surface area (Å²) in [5.74, 6) is -0.0646. The third kappa shape index (κ3) is 4.29. The van der Waals surface area contributed by atoms with Gasteiger partial charge in [0.2, 0.25) is 0 Å². The number of thioether (sulfide) groups is 1. The fraction of sp³-hybridized carbons (Fsp3) is 0.200. The lowest BCUT2D eigenvalue weighted by molar-refractivity contribution is -0.122. The zero-order valence-electron chi connectivity index (χ0n) is 17.7. The Bertz CT molecular complexity index is 1090. The van der Waals surface area contributed by atoms with Gasteiger partial charge in [-0.05, 0) is 48.3 Å². The third-order valence-corrected chi connectivity index (χ3v) is 6.04. The molecule has 0 spiro atoms. The zero-order chi connectivity index (χ0) is 22.5. The minimum Gasteiger partial charge on any atom is -0.291 e. The van der Waals surface area contributed by atoms with Crippen LogP contribution in [0.2, 0.25) is 0 Å². The van der Waals surface area contributed by atoms with Gasteiger partial charge in [0, 0.05) is 6.20 Å². The Kier molecular flexibility index (Phi) is 6.66. The first-order valence-corrected chi connectivity index (χ1v) is 11.7. The number of nitrogens with zero attached hydrogens (tertiary/aromatic N) is 3. The highest BCUT2D eigenvalue weighted by atomic mass is 32.2. The molecule has 32 heavy (non-hydrogen) atoms. The summed E-state index contributed by atoms with van der Waals surface area (Å²) in [6, 6.07) is 20.7. The average molecular weight is 446 g/mol. The van der Waals surface area contributed by atoms with E-state index in [2.05, 4.69) is 4.98 Å². The highest BCUT2D eigenvalue weighted by molar-refractivity contribution is 7.98. The molecule has 0 aliphatic carbocycles. The molecular formula is C25H23N3O3S. The van der Waals surface area contributed by atoms with E-state index in [0.29, 0.717) is 29.1 Å². The lowest BCUT2D eigenvalue weighted by Gasteiger charge is -2.31. The molecule has 7 heteroatoms. The van der Waals surface area contributed by atoms with Crippen molar-refractivity contribution in [3.63, 3.8) is 0 Å². The van der Waals surface area contributed by atoms with Crippen LogP contribution in [0.1, 0.15) is 32.7 Å². The highest BCUT2D eigenvalue weighted by Gasteiger charge is 2.43. The third-order valence-electron chi connectivity index (χ3n) is 5.39. The van der Waals surface area contributed by atoms with Gasteiger partial charge in [0.05, 0.1) is 17.7 Å². The van der Waals surface area contributed by atoms with Crippen LogP contribution in [0.4, 0.5) is 5.82 Å². The van der Waals surface area contributed by atoms with Gasteiger partial charge in [0.15, 0.2) is 0 Å². The number of imide groups is 1. The Morgan fingerprint density at radius 1 is 0.938 bits per heavy atom. The summed E-state index contributed by atoms with van der Waals surface area (Å²) < 4.78 is 0. The van der Waals surface area contributed by atoms with E-state index in [1.54, 1.807) is 59.3 Å². The normalized spacial score (nSPS) is 13.7. The molecule has 6 nitrogen and oxygen atoms in total. The van der Waals surface area contributed by atoms with Gasteiger partial charge in [-0.2, -0.15) is 11.8 Å². The summed E-state index contributed by atoms with van der Waals surface area (Å²) >= 11 is 1.57. The molecule has 0 N–H and O–H groups in total. The molecule has 0 saturated carbocycles. The Labute approximate surface area is 191 Å². The molecule has 0 unspecified atom stereocenters. The summed E-state index contributed by atoms with van der Waals surface area (Å²) in [5, 5.41) is 0. The van der Waals surface area contributed by atoms with E-state index in [4.69, 9.17) is 0 Å². The Morgan fingerprint density at radius 2 is 1.56 bits per heavy atom. The van der Waals surface area contributed by atoms with Gasteiger partial charge in [-0.25, -0.2) is 4.98 Å². The number of pyridine rings is 1. The Hall–Kier alpha value is -3.45. The minimum atomic E-state index is -0.916. The first-order valence-electron chi connectivity index (χ1n) is 10.3. The topological polar surface area (TPSA) is 70.6 Å². The van der Waals surface area contributed by atoms with Crippen LogP contribution in [0, 0.1) is 0 Å². The van der Waals surface area contributed by atoms with Crippen molar-refractivity contribution in [2.45, 2.75) is 19.0 Å². The summed E-state index contributed by atoms with van der Waals surface area (Å²) in [6.45, 7) is 0.287. The lowest BCUT2D eigenvalue weighted by atomic mass is 10.1. The zero-order valence-corrected chi connectivity index (χ0v) is 18.5. The van der Waals surface area contributed by atoms with Crippen molar-refractivity contribution >= 4 is 35.3 Å². The van der Waals surface area contributed by atoms with E-state index < -0.39 is 17.9 Å². The van der Waals surface area contributed by atoms with Crippen LogP contribution < -0.4 is 4.90 Å². The van der Waals surface area contributed by atoms with Crippen LogP contribution >= 0.6 is 11.8 Å². The van der Waals surface area contributed by atoms with Gasteiger partial charge in [-0.15, -0.1) is 0 Å². The number of carbonyl (C=O) groups is 3. The second-order valence-electron chi connectivity index (χ2n) is 7.42. The number of aromatic nitrogens is 1. The van der Waals surface area contributed by atoms with Crippen molar-refractivity contribution in [2.75, 3.05) is 16.9 Å². The van der Waals surface area contributed by atoms with E-state index in [9.17, 15) is 14.4 Å². The predicted octanol–water partition coefficient (Wildman–Crippen LogP) is 4.03. The van der Waals surface area contributed by atoms with Crippen LogP contribution in [0.15, 0.2) is 79.0 Å².